The summed E-state index contributed by atoms with van der Waals surface area (Å²) in [5, 5.41) is 3.13. The van der Waals surface area contributed by atoms with Crippen molar-refractivity contribution in [1.82, 2.24) is 20.2 Å². The maximum absolute atomic E-state index is 12.3. The fraction of sp³-hybridized carbons (Fsp3) is 0.733. The van der Waals surface area contributed by atoms with Gasteiger partial charge in [-0.05, 0) is 18.8 Å². The standard InChI is InChI=1S/C15H24N4O/c20-15(16-10-12-4-2-1-3-5-12)19-8-6-13-14(7-9-19)18-11-17-13/h11-12H,1-10H2,(H,16,20)(H,17,18). The Kier molecular flexibility index (Phi) is 4.23. The molecule has 20 heavy (non-hydrogen) atoms. The van der Waals surface area contributed by atoms with Gasteiger partial charge in [0.2, 0.25) is 0 Å². The van der Waals surface area contributed by atoms with Crippen molar-refractivity contribution in [2.45, 2.75) is 44.9 Å². The lowest BCUT2D eigenvalue weighted by atomic mass is 9.89. The van der Waals surface area contributed by atoms with Crippen LogP contribution in [0.1, 0.15) is 43.5 Å². The normalized spacial score (nSPS) is 20.3. The third-order valence-corrected chi connectivity index (χ3v) is 4.61. The third kappa shape index (κ3) is 3.14. The number of H-pyrrole nitrogens is 1. The number of carbonyl (C=O) groups excluding carboxylic acids is 1. The average molecular weight is 276 g/mol. The highest BCUT2D eigenvalue weighted by Gasteiger charge is 2.21. The minimum atomic E-state index is 0.0979. The van der Waals surface area contributed by atoms with Gasteiger partial charge in [0.25, 0.3) is 0 Å². The van der Waals surface area contributed by atoms with Crippen LogP contribution in [-0.2, 0) is 12.8 Å². The van der Waals surface area contributed by atoms with Crippen LogP contribution in [0, 0.1) is 5.92 Å². The van der Waals surface area contributed by atoms with Crippen LogP contribution in [0.3, 0.4) is 0 Å². The molecule has 0 aromatic carbocycles. The first-order chi connectivity index (χ1) is 9.83. The Labute approximate surface area is 120 Å². The van der Waals surface area contributed by atoms with Gasteiger partial charge in [-0.3, -0.25) is 0 Å². The highest BCUT2D eigenvalue weighted by Crippen LogP contribution is 2.22. The second kappa shape index (κ2) is 6.29. The molecule has 1 saturated carbocycles. The molecule has 5 nitrogen and oxygen atoms in total. The third-order valence-electron chi connectivity index (χ3n) is 4.61. The molecule has 5 heteroatoms. The van der Waals surface area contributed by atoms with Crippen LogP contribution >= 0.6 is 0 Å². The van der Waals surface area contributed by atoms with Gasteiger partial charge >= 0.3 is 6.03 Å². The molecule has 0 radical (unpaired) electrons. The van der Waals surface area contributed by atoms with Crippen LogP contribution in [0.5, 0.6) is 0 Å². The first kappa shape index (κ1) is 13.5. The maximum atomic E-state index is 12.3. The lowest BCUT2D eigenvalue weighted by Crippen LogP contribution is -2.43. The maximum Gasteiger partial charge on any atom is 0.317 e. The van der Waals surface area contributed by atoms with E-state index in [2.05, 4.69) is 15.3 Å². The molecule has 110 valence electrons. The van der Waals surface area contributed by atoms with E-state index >= 15 is 0 Å². The number of nitrogens with zero attached hydrogens (tertiary/aromatic N) is 2. The van der Waals surface area contributed by atoms with Gasteiger partial charge in [0, 0.05) is 38.2 Å². The molecule has 0 saturated heterocycles. The number of urea groups is 1. The second-order valence-corrected chi connectivity index (χ2v) is 6.00. The number of carbonyl (C=O) groups is 1. The van der Waals surface area contributed by atoms with E-state index in [1.807, 2.05) is 4.90 Å². The van der Waals surface area contributed by atoms with E-state index in [9.17, 15) is 4.79 Å². The summed E-state index contributed by atoms with van der Waals surface area (Å²) in [7, 11) is 0. The molecule has 0 atom stereocenters. The summed E-state index contributed by atoms with van der Waals surface area (Å²) in [5.74, 6) is 0.689. The zero-order valence-electron chi connectivity index (χ0n) is 12.0. The van der Waals surface area contributed by atoms with Crippen molar-refractivity contribution in [3.05, 3.63) is 17.7 Å². The van der Waals surface area contributed by atoms with E-state index in [0.717, 1.165) is 38.2 Å². The summed E-state index contributed by atoms with van der Waals surface area (Å²) >= 11 is 0. The van der Waals surface area contributed by atoms with Crippen LogP contribution in [0.15, 0.2) is 6.33 Å². The Hall–Kier alpha value is -1.52. The van der Waals surface area contributed by atoms with Crippen molar-refractivity contribution in [1.29, 1.82) is 0 Å². The first-order valence-electron chi connectivity index (χ1n) is 7.87. The summed E-state index contributed by atoms with van der Waals surface area (Å²) in [4.78, 5) is 21.7. The summed E-state index contributed by atoms with van der Waals surface area (Å²) in [6, 6.07) is 0.0979. The summed E-state index contributed by atoms with van der Waals surface area (Å²) < 4.78 is 0. The van der Waals surface area contributed by atoms with Crippen LogP contribution in [0.2, 0.25) is 0 Å². The fourth-order valence-electron chi connectivity index (χ4n) is 3.32. The second-order valence-electron chi connectivity index (χ2n) is 6.00. The number of fused-ring (bicyclic) bond motifs is 1. The van der Waals surface area contributed by atoms with Crippen LogP contribution in [0.4, 0.5) is 4.79 Å². The summed E-state index contributed by atoms with van der Waals surface area (Å²) in [6.07, 6.45) is 10.0. The van der Waals surface area contributed by atoms with Crippen molar-refractivity contribution >= 4 is 6.03 Å². The molecule has 0 spiro atoms. The molecule has 1 aromatic rings. The molecule has 1 aliphatic carbocycles. The monoisotopic (exact) mass is 276 g/mol. The number of nitrogens with one attached hydrogen (secondary N) is 2. The van der Waals surface area contributed by atoms with Crippen molar-refractivity contribution in [3.63, 3.8) is 0 Å². The number of aromatic nitrogens is 2. The molecule has 3 rings (SSSR count). The smallest absolute Gasteiger partial charge is 0.317 e. The molecule has 0 bridgehead atoms. The Morgan fingerprint density at radius 1 is 1.30 bits per heavy atom. The molecule has 1 aromatic heterocycles. The van der Waals surface area contributed by atoms with Gasteiger partial charge in [0.1, 0.15) is 0 Å². The Bertz CT molecular complexity index is 428. The van der Waals surface area contributed by atoms with Crippen LogP contribution < -0.4 is 5.32 Å². The topological polar surface area (TPSA) is 61.0 Å². The van der Waals surface area contributed by atoms with E-state index in [0.29, 0.717) is 5.92 Å². The quantitative estimate of drug-likeness (QED) is 0.869. The van der Waals surface area contributed by atoms with Crippen molar-refractivity contribution < 1.29 is 4.79 Å². The number of aromatic amines is 1. The van der Waals surface area contributed by atoms with Gasteiger partial charge in [0.05, 0.1) is 12.0 Å². The molecule has 2 heterocycles. The van der Waals surface area contributed by atoms with Crippen molar-refractivity contribution in [2.24, 2.45) is 5.92 Å². The van der Waals surface area contributed by atoms with Crippen LogP contribution in [-0.4, -0.2) is 40.5 Å². The van der Waals surface area contributed by atoms with E-state index < -0.39 is 0 Å². The van der Waals surface area contributed by atoms with Crippen molar-refractivity contribution in [3.8, 4) is 0 Å². The Balaban J connectivity index is 1.46. The van der Waals surface area contributed by atoms with Crippen molar-refractivity contribution in [2.75, 3.05) is 19.6 Å². The molecule has 1 aliphatic heterocycles. The molecular formula is C15H24N4O. The van der Waals surface area contributed by atoms with Gasteiger partial charge in [0.15, 0.2) is 0 Å². The lowest BCUT2D eigenvalue weighted by Gasteiger charge is -2.25. The molecule has 1 fully saturated rings. The number of hydrogen-bond donors (Lipinski definition) is 2. The summed E-state index contributed by atoms with van der Waals surface area (Å²) in [6.45, 7) is 2.40. The molecule has 2 amide bonds. The van der Waals surface area contributed by atoms with Gasteiger partial charge in [-0.2, -0.15) is 0 Å². The number of rotatable bonds is 2. The molecular weight excluding hydrogens is 252 g/mol. The zero-order chi connectivity index (χ0) is 13.8. The number of imidazole rings is 1. The number of hydrogen-bond acceptors (Lipinski definition) is 2. The first-order valence-corrected chi connectivity index (χ1v) is 7.87. The SMILES string of the molecule is O=C(NCC1CCCCC1)N1CCc2nc[nH]c2CC1. The average Bonchev–Trinajstić information content (AvgIpc) is 2.84. The van der Waals surface area contributed by atoms with E-state index in [4.69, 9.17) is 0 Å². The Morgan fingerprint density at radius 3 is 2.95 bits per heavy atom. The molecule has 2 aliphatic rings. The number of amides is 2. The fourth-order valence-corrected chi connectivity index (χ4v) is 3.32. The van der Waals surface area contributed by atoms with Gasteiger partial charge in [-0.25, -0.2) is 9.78 Å². The van der Waals surface area contributed by atoms with E-state index in [-0.39, 0.29) is 6.03 Å². The minimum Gasteiger partial charge on any atom is -0.348 e. The minimum absolute atomic E-state index is 0.0979. The summed E-state index contributed by atoms with van der Waals surface area (Å²) in [5.41, 5.74) is 2.31. The highest BCUT2D eigenvalue weighted by atomic mass is 16.2. The van der Waals surface area contributed by atoms with Gasteiger partial charge in [-0.1, -0.05) is 19.3 Å². The zero-order valence-corrected chi connectivity index (χ0v) is 12.0. The van der Waals surface area contributed by atoms with Gasteiger partial charge in [-0.15, -0.1) is 0 Å². The predicted molar refractivity (Wildman–Crippen MR) is 77.5 cm³/mol. The Morgan fingerprint density at radius 2 is 2.10 bits per heavy atom. The molecule has 2 N–H and O–H groups in total. The largest absolute Gasteiger partial charge is 0.348 e. The van der Waals surface area contributed by atoms with Crippen LogP contribution in [0.25, 0.3) is 0 Å². The molecule has 0 unspecified atom stereocenters. The van der Waals surface area contributed by atoms with E-state index in [1.54, 1.807) is 6.33 Å². The lowest BCUT2D eigenvalue weighted by molar-refractivity contribution is 0.196. The van der Waals surface area contributed by atoms with Gasteiger partial charge < -0.3 is 15.2 Å². The predicted octanol–water partition coefficient (Wildman–Crippen LogP) is 2.10. The highest BCUT2D eigenvalue weighted by molar-refractivity contribution is 5.74. The van der Waals surface area contributed by atoms with E-state index in [1.165, 1.54) is 37.8 Å².